The molecule has 22 heavy (non-hydrogen) atoms. The molecule has 1 rings (SSSR count). The summed E-state index contributed by atoms with van der Waals surface area (Å²) in [6.07, 6.45) is 1.93. The van der Waals surface area contributed by atoms with Crippen LogP contribution in [-0.2, 0) is 10.6 Å². The van der Waals surface area contributed by atoms with Gasteiger partial charge in [-0.15, -0.1) is 0 Å². The van der Waals surface area contributed by atoms with Gasteiger partial charge in [0, 0.05) is 18.7 Å². The summed E-state index contributed by atoms with van der Waals surface area (Å²) in [5.41, 5.74) is 11.3. The monoisotopic (exact) mass is 309 g/mol. The Kier molecular flexibility index (Phi) is 8.05. The predicted molar refractivity (Wildman–Crippen MR) is 85.7 cm³/mol. The fraction of sp³-hybridized carbons (Fsp3) is 0.562. The lowest BCUT2D eigenvalue weighted by Gasteiger charge is -2.27. The van der Waals surface area contributed by atoms with Crippen LogP contribution in [0.5, 0.6) is 0 Å². The first kappa shape index (κ1) is 18.6. The minimum Gasteiger partial charge on any atom is -0.362 e. The Hall–Kier alpha value is -1.47. The van der Waals surface area contributed by atoms with Gasteiger partial charge in [0.2, 0.25) is 5.91 Å². The molecular formula is C16H27N3O3. The number of amides is 1. The van der Waals surface area contributed by atoms with Gasteiger partial charge < -0.3 is 26.6 Å². The second-order valence-corrected chi connectivity index (χ2v) is 5.38. The Labute approximate surface area is 131 Å². The molecule has 0 aliphatic carbocycles. The van der Waals surface area contributed by atoms with Crippen LogP contribution >= 0.6 is 0 Å². The number of unbranched alkanes of at least 4 members (excludes halogenated alkanes) is 1. The first-order valence-corrected chi connectivity index (χ1v) is 7.69. The maximum atomic E-state index is 12.4. The van der Waals surface area contributed by atoms with Crippen LogP contribution in [0.2, 0.25) is 0 Å². The first-order valence-electron chi connectivity index (χ1n) is 7.69. The minimum absolute atomic E-state index is 0.292. The summed E-state index contributed by atoms with van der Waals surface area (Å²) in [5.74, 6) is -2.45. The van der Waals surface area contributed by atoms with Crippen LogP contribution in [0.4, 0.5) is 0 Å². The second-order valence-electron chi connectivity index (χ2n) is 5.38. The van der Waals surface area contributed by atoms with E-state index < -0.39 is 5.79 Å². The number of nitrogens with two attached hydrogens (primary N) is 2. The third-order valence-corrected chi connectivity index (χ3v) is 3.50. The maximum Gasteiger partial charge on any atom is 0.228 e. The lowest BCUT2D eigenvalue weighted by Crippen LogP contribution is -2.39. The van der Waals surface area contributed by atoms with E-state index in [4.69, 9.17) is 11.5 Å². The highest BCUT2D eigenvalue weighted by molar-refractivity contribution is 5.77. The normalized spacial score (nSPS) is 11.5. The number of nitrogens with zero attached hydrogens (tertiary/aromatic N) is 1. The van der Waals surface area contributed by atoms with Crippen LogP contribution < -0.4 is 11.5 Å². The van der Waals surface area contributed by atoms with Crippen LogP contribution in [0.25, 0.3) is 0 Å². The van der Waals surface area contributed by atoms with Crippen LogP contribution in [-0.4, -0.2) is 47.2 Å². The Morgan fingerprint density at radius 1 is 1.00 bits per heavy atom. The third-order valence-electron chi connectivity index (χ3n) is 3.50. The summed E-state index contributed by atoms with van der Waals surface area (Å²) < 4.78 is 0. The van der Waals surface area contributed by atoms with Gasteiger partial charge in [-0.1, -0.05) is 30.3 Å². The molecule has 1 amide bonds. The van der Waals surface area contributed by atoms with Crippen molar-refractivity contribution in [3.8, 4) is 0 Å². The van der Waals surface area contributed by atoms with Crippen LogP contribution in [0.3, 0.4) is 0 Å². The fourth-order valence-corrected chi connectivity index (χ4v) is 2.22. The second kappa shape index (κ2) is 9.53. The van der Waals surface area contributed by atoms with Crippen molar-refractivity contribution in [2.45, 2.75) is 31.5 Å². The van der Waals surface area contributed by atoms with Crippen molar-refractivity contribution in [1.82, 2.24) is 4.90 Å². The SMILES string of the molecule is NCCCCN(CCCN)C(=O)CC(O)(O)c1ccccc1. The third kappa shape index (κ3) is 6.11. The number of hydrogen-bond donors (Lipinski definition) is 4. The Morgan fingerprint density at radius 2 is 1.59 bits per heavy atom. The van der Waals surface area contributed by atoms with E-state index in [0.717, 1.165) is 12.8 Å². The minimum atomic E-state index is -2.16. The average Bonchev–Trinajstić information content (AvgIpc) is 2.51. The summed E-state index contributed by atoms with van der Waals surface area (Å²) >= 11 is 0. The summed E-state index contributed by atoms with van der Waals surface area (Å²) in [7, 11) is 0. The molecule has 0 atom stereocenters. The van der Waals surface area contributed by atoms with Gasteiger partial charge in [-0.25, -0.2) is 0 Å². The summed E-state index contributed by atoms with van der Waals surface area (Å²) in [6.45, 7) is 2.14. The lowest BCUT2D eigenvalue weighted by atomic mass is 10.0. The molecule has 0 aromatic heterocycles. The van der Waals surface area contributed by atoms with Crippen LogP contribution in [0, 0.1) is 0 Å². The average molecular weight is 309 g/mol. The maximum absolute atomic E-state index is 12.4. The predicted octanol–water partition coefficient (Wildman–Crippen LogP) is 0.130. The van der Waals surface area contributed by atoms with Crippen molar-refractivity contribution in [2.75, 3.05) is 26.2 Å². The Morgan fingerprint density at radius 3 is 2.18 bits per heavy atom. The Bertz CT molecular complexity index is 438. The van der Waals surface area contributed by atoms with E-state index in [-0.39, 0.29) is 12.3 Å². The van der Waals surface area contributed by atoms with Crippen molar-refractivity contribution in [3.63, 3.8) is 0 Å². The van der Waals surface area contributed by atoms with E-state index in [2.05, 4.69) is 0 Å². The van der Waals surface area contributed by atoms with E-state index in [1.54, 1.807) is 35.2 Å². The summed E-state index contributed by atoms with van der Waals surface area (Å²) in [4.78, 5) is 14.0. The van der Waals surface area contributed by atoms with Crippen molar-refractivity contribution < 1.29 is 15.0 Å². The largest absolute Gasteiger partial charge is 0.362 e. The number of carbonyl (C=O) groups is 1. The zero-order chi connectivity index (χ0) is 16.4. The van der Waals surface area contributed by atoms with Crippen molar-refractivity contribution in [2.24, 2.45) is 11.5 Å². The zero-order valence-corrected chi connectivity index (χ0v) is 12.9. The van der Waals surface area contributed by atoms with Crippen molar-refractivity contribution in [1.29, 1.82) is 0 Å². The van der Waals surface area contributed by atoms with Crippen LogP contribution in [0.15, 0.2) is 30.3 Å². The van der Waals surface area contributed by atoms with E-state index in [0.29, 0.717) is 38.2 Å². The molecule has 0 aliphatic rings. The quantitative estimate of drug-likeness (QED) is 0.362. The highest BCUT2D eigenvalue weighted by atomic mass is 16.5. The van der Waals surface area contributed by atoms with Gasteiger partial charge in [-0.2, -0.15) is 0 Å². The van der Waals surface area contributed by atoms with Gasteiger partial charge in [-0.05, 0) is 32.4 Å². The van der Waals surface area contributed by atoms with Gasteiger partial charge in [0.25, 0.3) is 0 Å². The molecule has 0 fully saturated rings. The standard InChI is InChI=1S/C16H27N3O3/c17-9-4-5-11-19(12-6-10-18)15(20)13-16(21,22)14-7-2-1-3-8-14/h1-3,7-8,21-22H,4-6,9-13,17-18H2. The molecule has 1 aromatic rings. The number of aliphatic hydroxyl groups is 2. The number of carbonyl (C=O) groups excluding carboxylic acids is 1. The van der Waals surface area contributed by atoms with Gasteiger partial charge in [0.15, 0.2) is 5.79 Å². The number of benzene rings is 1. The molecule has 0 spiro atoms. The van der Waals surface area contributed by atoms with E-state index in [1.165, 1.54) is 0 Å². The topological polar surface area (TPSA) is 113 Å². The van der Waals surface area contributed by atoms with Gasteiger partial charge >= 0.3 is 0 Å². The number of hydrogen-bond acceptors (Lipinski definition) is 5. The molecule has 6 heteroatoms. The molecular weight excluding hydrogens is 282 g/mol. The molecule has 0 saturated heterocycles. The smallest absolute Gasteiger partial charge is 0.228 e. The highest BCUT2D eigenvalue weighted by Gasteiger charge is 2.31. The van der Waals surface area contributed by atoms with Gasteiger partial charge in [0.05, 0.1) is 6.42 Å². The van der Waals surface area contributed by atoms with E-state index in [1.807, 2.05) is 0 Å². The molecule has 0 unspecified atom stereocenters. The number of rotatable bonds is 10. The highest BCUT2D eigenvalue weighted by Crippen LogP contribution is 2.22. The van der Waals surface area contributed by atoms with Gasteiger partial charge in [-0.3, -0.25) is 4.79 Å². The zero-order valence-electron chi connectivity index (χ0n) is 12.9. The molecule has 0 saturated carbocycles. The molecule has 124 valence electrons. The molecule has 0 bridgehead atoms. The van der Waals surface area contributed by atoms with Crippen molar-refractivity contribution in [3.05, 3.63) is 35.9 Å². The van der Waals surface area contributed by atoms with Crippen LogP contribution in [0.1, 0.15) is 31.2 Å². The molecule has 0 heterocycles. The first-order chi connectivity index (χ1) is 10.5. The lowest BCUT2D eigenvalue weighted by molar-refractivity contribution is -0.184. The molecule has 1 aromatic carbocycles. The summed E-state index contributed by atoms with van der Waals surface area (Å²) in [5, 5.41) is 20.3. The van der Waals surface area contributed by atoms with E-state index >= 15 is 0 Å². The molecule has 0 aliphatic heterocycles. The summed E-state index contributed by atoms with van der Waals surface area (Å²) in [6, 6.07) is 8.36. The molecule has 6 nitrogen and oxygen atoms in total. The van der Waals surface area contributed by atoms with Crippen molar-refractivity contribution >= 4 is 5.91 Å². The Balaban J connectivity index is 2.67. The molecule has 0 radical (unpaired) electrons. The van der Waals surface area contributed by atoms with E-state index in [9.17, 15) is 15.0 Å². The van der Waals surface area contributed by atoms with Gasteiger partial charge in [0.1, 0.15) is 0 Å². The molecule has 6 N–H and O–H groups in total. The fourth-order valence-electron chi connectivity index (χ4n) is 2.22.